The van der Waals surface area contributed by atoms with Gasteiger partial charge in [0.1, 0.15) is 13.2 Å². The lowest BCUT2D eigenvalue weighted by molar-refractivity contribution is 0.0778. The summed E-state index contributed by atoms with van der Waals surface area (Å²) in [7, 11) is 1.73. The summed E-state index contributed by atoms with van der Waals surface area (Å²) in [5, 5.41) is 0. The molecule has 2 rings (SSSR count). The van der Waals surface area contributed by atoms with E-state index >= 15 is 0 Å². The molecular weight excluding hydrogens is 232 g/mol. The van der Waals surface area contributed by atoms with Gasteiger partial charge in [0.15, 0.2) is 11.5 Å². The van der Waals surface area contributed by atoms with Crippen LogP contribution in [0.1, 0.15) is 17.3 Å². The van der Waals surface area contributed by atoms with Crippen molar-refractivity contribution < 1.29 is 14.3 Å². The number of para-hydroxylation sites is 1. The van der Waals surface area contributed by atoms with E-state index in [1.807, 2.05) is 6.92 Å². The van der Waals surface area contributed by atoms with E-state index in [1.54, 1.807) is 30.1 Å². The first-order valence-electron chi connectivity index (χ1n) is 5.99. The summed E-state index contributed by atoms with van der Waals surface area (Å²) < 4.78 is 11.0. The number of rotatable bonds is 3. The Balaban J connectivity index is 2.25. The maximum Gasteiger partial charge on any atom is 0.257 e. The highest BCUT2D eigenvalue weighted by atomic mass is 16.6. The molecule has 0 saturated heterocycles. The van der Waals surface area contributed by atoms with Crippen LogP contribution < -0.4 is 15.2 Å². The number of hydrogen-bond acceptors (Lipinski definition) is 4. The molecule has 1 amide bonds. The Morgan fingerprint density at radius 3 is 2.89 bits per heavy atom. The lowest BCUT2D eigenvalue weighted by atomic mass is 10.1. The molecule has 5 heteroatoms. The zero-order valence-electron chi connectivity index (χ0n) is 10.7. The van der Waals surface area contributed by atoms with Gasteiger partial charge in [-0.15, -0.1) is 0 Å². The summed E-state index contributed by atoms with van der Waals surface area (Å²) in [6.07, 6.45) is 0. The van der Waals surface area contributed by atoms with Gasteiger partial charge in [-0.05, 0) is 19.1 Å². The summed E-state index contributed by atoms with van der Waals surface area (Å²) in [5.41, 5.74) is 6.22. The third-order valence-electron chi connectivity index (χ3n) is 2.71. The van der Waals surface area contributed by atoms with Crippen molar-refractivity contribution in [2.45, 2.75) is 13.0 Å². The van der Waals surface area contributed by atoms with Crippen LogP contribution in [0, 0.1) is 0 Å². The Labute approximate surface area is 106 Å². The number of carbonyl (C=O) groups is 1. The van der Waals surface area contributed by atoms with Gasteiger partial charge >= 0.3 is 0 Å². The number of fused-ring (bicyclic) bond motifs is 1. The molecule has 1 aliphatic heterocycles. The van der Waals surface area contributed by atoms with E-state index in [9.17, 15) is 4.79 Å². The quantitative estimate of drug-likeness (QED) is 0.864. The van der Waals surface area contributed by atoms with Crippen LogP contribution in [0.25, 0.3) is 0 Å². The smallest absolute Gasteiger partial charge is 0.257 e. The van der Waals surface area contributed by atoms with Crippen LogP contribution in [0.3, 0.4) is 0 Å². The summed E-state index contributed by atoms with van der Waals surface area (Å²) >= 11 is 0. The first-order valence-corrected chi connectivity index (χ1v) is 5.99. The molecule has 1 unspecified atom stereocenters. The number of nitrogens with zero attached hydrogens (tertiary/aromatic N) is 1. The van der Waals surface area contributed by atoms with Crippen LogP contribution in [0.2, 0.25) is 0 Å². The molecule has 0 aliphatic carbocycles. The molecule has 1 aliphatic rings. The second kappa shape index (κ2) is 5.27. The summed E-state index contributed by atoms with van der Waals surface area (Å²) in [4.78, 5) is 13.9. The lowest BCUT2D eigenvalue weighted by Gasteiger charge is -2.24. The Morgan fingerprint density at radius 1 is 1.44 bits per heavy atom. The van der Waals surface area contributed by atoms with Gasteiger partial charge < -0.3 is 20.1 Å². The zero-order valence-corrected chi connectivity index (χ0v) is 10.7. The summed E-state index contributed by atoms with van der Waals surface area (Å²) in [5.74, 6) is 1.06. The van der Waals surface area contributed by atoms with Crippen molar-refractivity contribution >= 4 is 5.91 Å². The second-order valence-electron chi connectivity index (χ2n) is 4.49. The molecule has 0 aromatic heterocycles. The molecule has 98 valence electrons. The molecular formula is C13H18N2O3. The highest BCUT2D eigenvalue weighted by molar-refractivity contribution is 5.97. The normalized spacial score (nSPS) is 15.1. The van der Waals surface area contributed by atoms with Crippen LogP contribution in [-0.4, -0.2) is 43.7 Å². The molecule has 0 radical (unpaired) electrons. The SMILES string of the molecule is CC(N)CN(C)C(=O)c1cccc2c1OCCO2. The molecule has 5 nitrogen and oxygen atoms in total. The van der Waals surface area contributed by atoms with Crippen molar-refractivity contribution in [2.75, 3.05) is 26.8 Å². The molecule has 0 fully saturated rings. The van der Waals surface area contributed by atoms with Crippen molar-refractivity contribution in [1.82, 2.24) is 4.90 Å². The number of benzene rings is 1. The molecule has 1 aromatic rings. The Bertz CT molecular complexity index is 446. The van der Waals surface area contributed by atoms with Crippen LogP contribution >= 0.6 is 0 Å². The molecule has 0 spiro atoms. The number of ether oxygens (including phenoxy) is 2. The maximum absolute atomic E-state index is 12.3. The van der Waals surface area contributed by atoms with Gasteiger partial charge in [-0.1, -0.05) is 6.07 Å². The fraction of sp³-hybridized carbons (Fsp3) is 0.462. The van der Waals surface area contributed by atoms with Gasteiger partial charge in [0.2, 0.25) is 0 Å². The van der Waals surface area contributed by atoms with Gasteiger partial charge in [-0.25, -0.2) is 0 Å². The highest BCUT2D eigenvalue weighted by Crippen LogP contribution is 2.34. The molecule has 1 atom stereocenters. The van der Waals surface area contributed by atoms with Gasteiger partial charge in [0.25, 0.3) is 5.91 Å². The predicted molar refractivity (Wildman–Crippen MR) is 68.0 cm³/mol. The molecule has 0 saturated carbocycles. The number of nitrogens with two attached hydrogens (primary N) is 1. The Morgan fingerprint density at radius 2 is 2.17 bits per heavy atom. The van der Waals surface area contributed by atoms with E-state index < -0.39 is 0 Å². The van der Waals surface area contributed by atoms with Crippen LogP contribution in [-0.2, 0) is 0 Å². The molecule has 2 N–H and O–H groups in total. The zero-order chi connectivity index (χ0) is 13.1. The van der Waals surface area contributed by atoms with Gasteiger partial charge in [-0.2, -0.15) is 0 Å². The predicted octanol–water partition coefficient (Wildman–Crippen LogP) is 0.877. The van der Waals surface area contributed by atoms with E-state index in [0.29, 0.717) is 36.8 Å². The minimum Gasteiger partial charge on any atom is -0.486 e. The first-order chi connectivity index (χ1) is 8.59. The van der Waals surface area contributed by atoms with E-state index in [2.05, 4.69) is 0 Å². The standard InChI is InChI=1S/C13H18N2O3/c1-9(14)8-15(2)13(16)10-4-3-5-11-12(10)18-7-6-17-11/h3-5,9H,6-8,14H2,1-2H3. The summed E-state index contributed by atoms with van der Waals surface area (Å²) in [6.45, 7) is 3.35. The third kappa shape index (κ3) is 2.56. The Kier molecular flexibility index (Phi) is 3.72. The monoisotopic (exact) mass is 250 g/mol. The minimum absolute atomic E-state index is 0.0596. The molecule has 18 heavy (non-hydrogen) atoms. The second-order valence-corrected chi connectivity index (χ2v) is 4.49. The van der Waals surface area contributed by atoms with E-state index in [0.717, 1.165) is 0 Å². The van der Waals surface area contributed by atoms with Crippen LogP contribution in [0.5, 0.6) is 11.5 Å². The topological polar surface area (TPSA) is 64.8 Å². The van der Waals surface area contributed by atoms with Crippen molar-refractivity contribution in [2.24, 2.45) is 5.73 Å². The Hall–Kier alpha value is -1.75. The fourth-order valence-electron chi connectivity index (χ4n) is 1.96. The van der Waals surface area contributed by atoms with Crippen molar-refractivity contribution in [1.29, 1.82) is 0 Å². The number of likely N-dealkylation sites (N-methyl/N-ethyl adjacent to an activating group) is 1. The number of hydrogen-bond donors (Lipinski definition) is 1. The first kappa shape index (κ1) is 12.7. The number of amides is 1. The average molecular weight is 250 g/mol. The van der Waals surface area contributed by atoms with Gasteiger partial charge in [-0.3, -0.25) is 4.79 Å². The van der Waals surface area contributed by atoms with Crippen molar-refractivity contribution in [3.63, 3.8) is 0 Å². The molecule has 0 bridgehead atoms. The lowest BCUT2D eigenvalue weighted by Crippen LogP contribution is -2.37. The van der Waals surface area contributed by atoms with Crippen LogP contribution in [0.4, 0.5) is 0 Å². The van der Waals surface area contributed by atoms with E-state index in [-0.39, 0.29) is 11.9 Å². The fourth-order valence-corrected chi connectivity index (χ4v) is 1.96. The van der Waals surface area contributed by atoms with E-state index in [4.69, 9.17) is 15.2 Å². The van der Waals surface area contributed by atoms with Gasteiger partial charge in [0, 0.05) is 19.6 Å². The molecule has 1 heterocycles. The maximum atomic E-state index is 12.3. The van der Waals surface area contributed by atoms with E-state index in [1.165, 1.54) is 0 Å². The third-order valence-corrected chi connectivity index (χ3v) is 2.71. The highest BCUT2D eigenvalue weighted by Gasteiger charge is 2.22. The van der Waals surface area contributed by atoms with Crippen LogP contribution in [0.15, 0.2) is 18.2 Å². The van der Waals surface area contributed by atoms with Crippen molar-refractivity contribution in [3.05, 3.63) is 23.8 Å². The largest absolute Gasteiger partial charge is 0.486 e. The minimum atomic E-state index is -0.102. The number of carbonyl (C=O) groups excluding carboxylic acids is 1. The van der Waals surface area contributed by atoms with Crippen molar-refractivity contribution in [3.8, 4) is 11.5 Å². The van der Waals surface area contributed by atoms with Gasteiger partial charge in [0.05, 0.1) is 5.56 Å². The molecule has 1 aromatic carbocycles. The average Bonchev–Trinajstić information content (AvgIpc) is 2.36. The summed E-state index contributed by atoms with van der Waals surface area (Å²) in [6, 6.07) is 5.28.